The molecule has 4 rings (SSSR count). The van der Waals surface area contributed by atoms with E-state index in [9.17, 15) is 18.8 Å². The maximum atomic E-state index is 13.1. The number of ketones is 1. The fourth-order valence-electron chi connectivity index (χ4n) is 3.06. The average molecular weight is 352 g/mol. The number of benzene rings is 2. The van der Waals surface area contributed by atoms with Crippen LogP contribution in [-0.2, 0) is 14.4 Å². The average Bonchev–Trinajstić information content (AvgIpc) is 3.17. The molecule has 1 fully saturated rings. The number of nitrogens with zero attached hydrogens (tertiary/aromatic N) is 2. The highest BCUT2D eigenvalue weighted by Gasteiger charge is 2.57. The van der Waals surface area contributed by atoms with Crippen LogP contribution in [0.2, 0.25) is 0 Å². The summed E-state index contributed by atoms with van der Waals surface area (Å²) in [7, 11) is 0. The van der Waals surface area contributed by atoms with Crippen LogP contribution < -0.4 is 4.90 Å². The van der Waals surface area contributed by atoms with Crippen LogP contribution in [0.25, 0.3) is 0 Å². The number of imide groups is 1. The second kappa shape index (κ2) is 5.87. The number of Topliss-reactive ketones (excluding diaryl/α,β-unsaturated/α-hetero) is 1. The molecule has 1 saturated heterocycles. The molecule has 2 aliphatic rings. The van der Waals surface area contributed by atoms with Gasteiger partial charge in [-0.15, -0.1) is 0 Å². The van der Waals surface area contributed by atoms with Gasteiger partial charge in [0.05, 0.1) is 5.69 Å². The van der Waals surface area contributed by atoms with Crippen LogP contribution in [-0.4, -0.2) is 29.4 Å². The number of oxime groups is 1. The van der Waals surface area contributed by atoms with Gasteiger partial charge in [0.2, 0.25) is 17.8 Å². The minimum atomic E-state index is -1.17. The minimum absolute atomic E-state index is 0.0955. The van der Waals surface area contributed by atoms with Crippen molar-refractivity contribution in [3.63, 3.8) is 0 Å². The molecule has 2 heterocycles. The molecule has 6 nitrogen and oxygen atoms in total. The van der Waals surface area contributed by atoms with E-state index >= 15 is 0 Å². The lowest BCUT2D eigenvalue weighted by molar-refractivity contribution is -0.126. The van der Waals surface area contributed by atoms with Crippen LogP contribution in [0.1, 0.15) is 15.9 Å². The van der Waals surface area contributed by atoms with Crippen molar-refractivity contribution in [1.82, 2.24) is 0 Å². The first kappa shape index (κ1) is 16.1. The number of hydrogen-bond acceptors (Lipinski definition) is 5. The maximum Gasteiger partial charge on any atom is 0.278 e. The van der Waals surface area contributed by atoms with Gasteiger partial charge in [-0.25, -0.2) is 9.29 Å². The monoisotopic (exact) mass is 352 g/mol. The SMILES string of the molecule is Cc1ccc(C(=O)C2=NO[C@@H]3C(=O)N(c4ccc(F)cc4)C(=O)[C@H]23)cc1. The third-order valence-electron chi connectivity index (χ3n) is 4.44. The lowest BCUT2D eigenvalue weighted by Gasteiger charge is -2.15. The number of carbonyl (C=O) groups is 3. The molecule has 0 unspecified atom stereocenters. The van der Waals surface area contributed by atoms with E-state index in [2.05, 4.69) is 5.16 Å². The molecule has 2 atom stereocenters. The molecular weight excluding hydrogens is 339 g/mol. The topological polar surface area (TPSA) is 76.0 Å². The summed E-state index contributed by atoms with van der Waals surface area (Å²) in [5.41, 5.74) is 1.47. The van der Waals surface area contributed by atoms with Crippen molar-refractivity contribution in [3.05, 3.63) is 65.5 Å². The van der Waals surface area contributed by atoms with Crippen molar-refractivity contribution in [2.24, 2.45) is 11.1 Å². The second-order valence-corrected chi connectivity index (χ2v) is 6.16. The molecular formula is C19H13FN2O4. The smallest absolute Gasteiger partial charge is 0.278 e. The second-order valence-electron chi connectivity index (χ2n) is 6.16. The Morgan fingerprint density at radius 3 is 2.35 bits per heavy atom. The normalized spacial score (nSPS) is 21.5. The first-order valence-corrected chi connectivity index (χ1v) is 7.96. The quantitative estimate of drug-likeness (QED) is 0.627. The highest BCUT2D eigenvalue weighted by atomic mass is 19.1. The van der Waals surface area contributed by atoms with E-state index in [-0.39, 0.29) is 11.4 Å². The van der Waals surface area contributed by atoms with E-state index in [4.69, 9.17) is 4.84 Å². The molecule has 0 radical (unpaired) electrons. The van der Waals surface area contributed by atoms with E-state index in [1.54, 1.807) is 24.3 Å². The summed E-state index contributed by atoms with van der Waals surface area (Å²) < 4.78 is 13.1. The molecule has 2 aromatic carbocycles. The van der Waals surface area contributed by atoms with E-state index in [1.807, 2.05) is 6.92 Å². The Morgan fingerprint density at radius 2 is 1.69 bits per heavy atom. The van der Waals surface area contributed by atoms with Gasteiger partial charge in [0.1, 0.15) is 17.4 Å². The molecule has 26 heavy (non-hydrogen) atoms. The minimum Gasteiger partial charge on any atom is -0.381 e. The van der Waals surface area contributed by atoms with Crippen LogP contribution in [0, 0.1) is 18.7 Å². The Morgan fingerprint density at radius 1 is 1.04 bits per heavy atom. The van der Waals surface area contributed by atoms with Crippen molar-refractivity contribution in [3.8, 4) is 0 Å². The van der Waals surface area contributed by atoms with Crippen LogP contribution >= 0.6 is 0 Å². The predicted octanol–water partition coefficient (Wildman–Crippen LogP) is 2.26. The standard InChI is InChI=1S/C19H13FN2O4/c1-10-2-4-11(5-3-10)16(23)15-14-17(26-21-15)19(25)22(18(14)24)13-8-6-12(20)7-9-13/h2-9,14,17H,1H3/t14-,17+/m1/s1. The van der Waals surface area contributed by atoms with Crippen molar-refractivity contribution >= 4 is 29.0 Å². The Bertz CT molecular complexity index is 951. The largest absolute Gasteiger partial charge is 0.381 e. The summed E-state index contributed by atoms with van der Waals surface area (Å²) in [6.07, 6.45) is -1.17. The number of amides is 2. The van der Waals surface area contributed by atoms with Gasteiger partial charge in [-0.1, -0.05) is 35.0 Å². The Kier molecular flexibility index (Phi) is 3.64. The lowest BCUT2D eigenvalue weighted by Crippen LogP contribution is -2.34. The van der Waals surface area contributed by atoms with Gasteiger partial charge < -0.3 is 4.84 Å². The van der Waals surface area contributed by atoms with Crippen LogP contribution in [0.3, 0.4) is 0 Å². The molecule has 0 aliphatic carbocycles. The fourth-order valence-corrected chi connectivity index (χ4v) is 3.06. The Hall–Kier alpha value is -3.35. The summed E-state index contributed by atoms with van der Waals surface area (Å²) in [5, 5.41) is 3.70. The van der Waals surface area contributed by atoms with Gasteiger partial charge in [0.15, 0.2) is 0 Å². The molecule has 7 heteroatoms. The first-order valence-electron chi connectivity index (χ1n) is 7.96. The van der Waals surface area contributed by atoms with Gasteiger partial charge >= 0.3 is 0 Å². The summed E-state index contributed by atoms with van der Waals surface area (Å²) in [4.78, 5) is 44.0. The molecule has 0 N–H and O–H groups in total. The summed E-state index contributed by atoms with van der Waals surface area (Å²) >= 11 is 0. The van der Waals surface area contributed by atoms with Gasteiger partial charge in [0, 0.05) is 5.56 Å². The van der Waals surface area contributed by atoms with Crippen molar-refractivity contribution in [1.29, 1.82) is 0 Å². The molecule has 130 valence electrons. The Labute approximate surface area is 147 Å². The molecule has 0 spiro atoms. The van der Waals surface area contributed by atoms with Crippen molar-refractivity contribution in [2.75, 3.05) is 4.90 Å². The predicted molar refractivity (Wildman–Crippen MR) is 90.2 cm³/mol. The number of carbonyl (C=O) groups excluding carboxylic acids is 3. The highest BCUT2D eigenvalue weighted by Crippen LogP contribution is 2.34. The van der Waals surface area contributed by atoms with Crippen LogP contribution in [0.5, 0.6) is 0 Å². The van der Waals surface area contributed by atoms with E-state index < -0.39 is 35.4 Å². The molecule has 0 aromatic heterocycles. The first-order chi connectivity index (χ1) is 12.5. The molecule has 2 aliphatic heterocycles. The van der Waals surface area contributed by atoms with Crippen molar-refractivity contribution in [2.45, 2.75) is 13.0 Å². The number of hydrogen-bond donors (Lipinski definition) is 0. The zero-order valence-corrected chi connectivity index (χ0v) is 13.7. The van der Waals surface area contributed by atoms with Gasteiger partial charge in [-0.3, -0.25) is 14.4 Å². The summed E-state index contributed by atoms with van der Waals surface area (Å²) in [6, 6.07) is 11.8. The fraction of sp³-hybridized carbons (Fsp3) is 0.158. The van der Waals surface area contributed by atoms with Crippen LogP contribution in [0.15, 0.2) is 53.7 Å². The summed E-state index contributed by atoms with van der Waals surface area (Å²) in [5.74, 6) is -3.27. The molecule has 0 saturated carbocycles. The number of halogens is 1. The summed E-state index contributed by atoms with van der Waals surface area (Å²) in [6.45, 7) is 1.89. The third-order valence-corrected chi connectivity index (χ3v) is 4.44. The number of rotatable bonds is 3. The van der Waals surface area contributed by atoms with Crippen molar-refractivity contribution < 1.29 is 23.6 Å². The van der Waals surface area contributed by atoms with Gasteiger partial charge in [-0.2, -0.15) is 0 Å². The zero-order valence-electron chi connectivity index (χ0n) is 13.7. The zero-order chi connectivity index (χ0) is 18.4. The Balaban J connectivity index is 1.65. The molecule has 0 bridgehead atoms. The van der Waals surface area contributed by atoms with E-state index in [0.29, 0.717) is 5.56 Å². The lowest BCUT2D eigenvalue weighted by atomic mass is 9.93. The van der Waals surface area contributed by atoms with Crippen LogP contribution in [0.4, 0.5) is 10.1 Å². The van der Waals surface area contributed by atoms with E-state index in [1.165, 1.54) is 12.1 Å². The highest BCUT2D eigenvalue weighted by molar-refractivity contribution is 6.52. The molecule has 2 aromatic rings. The maximum absolute atomic E-state index is 13.1. The van der Waals surface area contributed by atoms with Gasteiger partial charge in [-0.05, 0) is 31.2 Å². The van der Waals surface area contributed by atoms with Gasteiger partial charge in [0.25, 0.3) is 5.91 Å². The molecule has 2 amide bonds. The number of fused-ring (bicyclic) bond motifs is 1. The van der Waals surface area contributed by atoms with E-state index in [0.717, 1.165) is 22.6 Å². The number of anilines is 1. The third kappa shape index (κ3) is 2.40. The number of aryl methyl sites for hydroxylation is 1.